The molecule has 3 heteroatoms. The van der Waals surface area contributed by atoms with E-state index in [0.717, 1.165) is 36.2 Å². The summed E-state index contributed by atoms with van der Waals surface area (Å²) in [5.74, 6) is 0.924. The van der Waals surface area contributed by atoms with Crippen LogP contribution in [-0.4, -0.2) is 42.6 Å². The average molecular weight is 222 g/mol. The van der Waals surface area contributed by atoms with Crippen LogP contribution in [-0.2, 0) is 0 Å². The predicted molar refractivity (Wildman–Crippen MR) is 63.1 cm³/mol. The predicted octanol–water partition coefficient (Wildman–Crippen LogP) is 1.62. The third-order valence-electron chi connectivity index (χ3n) is 3.29. The maximum absolute atomic E-state index is 9.48. The lowest BCUT2D eigenvalue weighted by atomic mass is 10.1. The van der Waals surface area contributed by atoms with Gasteiger partial charge in [-0.25, -0.2) is 0 Å². The van der Waals surface area contributed by atoms with Crippen LogP contribution in [0.15, 0.2) is 30.3 Å². The molecule has 1 aliphatic heterocycles. The summed E-state index contributed by atoms with van der Waals surface area (Å²) in [5.41, 5.74) is 0. The van der Waals surface area contributed by atoms with Crippen LogP contribution in [0.5, 0.6) is 5.75 Å². The monoisotopic (exact) mass is 222 g/mol. The number of hydrogen-bond acceptors (Lipinski definition) is 2. The van der Waals surface area contributed by atoms with Gasteiger partial charge in [-0.3, -0.25) is 4.48 Å². The van der Waals surface area contributed by atoms with E-state index >= 15 is 0 Å². The zero-order valence-corrected chi connectivity index (χ0v) is 9.80. The maximum Gasteiger partial charge on any atom is 0.223 e. The average Bonchev–Trinajstić information content (AvgIpc) is 2.33. The fraction of sp³-hybridized carbons (Fsp3) is 0.538. The number of aliphatic hydroxyl groups is 1. The molecule has 0 amide bonds. The molecule has 0 aliphatic carbocycles. The van der Waals surface area contributed by atoms with Crippen LogP contribution >= 0.6 is 0 Å². The van der Waals surface area contributed by atoms with Crippen molar-refractivity contribution in [1.29, 1.82) is 0 Å². The summed E-state index contributed by atoms with van der Waals surface area (Å²) in [4.78, 5) is 0. The van der Waals surface area contributed by atoms with Gasteiger partial charge in [0.05, 0.1) is 26.2 Å². The molecule has 1 fully saturated rings. The fourth-order valence-electron chi connectivity index (χ4n) is 2.05. The minimum Gasteiger partial charge on any atom is -0.445 e. The molecule has 0 unspecified atom stereocenters. The van der Waals surface area contributed by atoms with Crippen LogP contribution in [0.4, 0.5) is 0 Å². The summed E-state index contributed by atoms with van der Waals surface area (Å²) in [5, 5.41) is 9.48. The zero-order valence-electron chi connectivity index (χ0n) is 9.80. The molecule has 1 saturated heterocycles. The molecule has 1 heterocycles. The van der Waals surface area contributed by atoms with E-state index in [4.69, 9.17) is 4.74 Å². The Morgan fingerprint density at radius 2 is 1.88 bits per heavy atom. The van der Waals surface area contributed by atoms with Crippen LogP contribution in [0, 0.1) is 0 Å². The lowest BCUT2D eigenvalue weighted by Gasteiger charge is -2.38. The summed E-state index contributed by atoms with van der Waals surface area (Å²) in [6, 6.07) is 9.90. The first-order valence-electron chi connectivity index (χ1n) is 5.87. The molecule has 0 atom stereocenters. The Balaban J connectivity index is 1.85. The highest BCUT2D eigenvalue weighted by atomic mass is 16.5. The fourth-order valence-corrected chi connectivity index (χ4v) is 2.05. The molecule has 0 bridgehead atoms. The van der Waals surface area contributed by atoms with Crippen molar-refractivity contribution in [1.82, 2.24) is 0 Å². The molecule has 1 N–H and O–H groups in total. The van der Waals surface area contributed by atoms with Crippen molar-refractivity contribution in [2.75, 3.05) is 26.9 Å². The Morgan fingerprint density at radius 3 is 2.50 bits per heavy atom. The van der Waals surface area contributed by atoms with E-state index in [-0.39, 0.29) is 6.10 Å². The van der Waals surface area contributed by atoms with Gasteiger partial charge in [0.2, 0.25) is 6.73 Å². The van der Waals surface area contributed by atoms with E-state index in [2.05, 4.69) is 7.05 Å². The largest absolute Gasteiger partial charge is 0.445 e. The molecular weight excluding hydrogens is 202 g/mol. The zero-order chi connectivity index (χ0) is 11.4. The number of nitrogens with zero attached hydrogens (tertiary/aromatic N) is 1. The molecule has 1 aromatic carbocycles. The van der Waals surface area contributed by atoms with Crippen LogP contribution in [0.2, 0.25) is 0 Å². The highest BCUT2D eigenvalue weighted by Gasteiger charge is 2.29. The molecule has 16 heavy (non-hydrogen) atoms. The van der Waals surface area contributed by atoms with Crippen molar-refractivity contribution in [3.05, 3.63) is 30.3 Å². The standard InChI is InChI=1S/C13H20NO2/c1-14(9-7-12(15)8-10-14)11-16-13-5-3-2-4-6-13/h2-6,12,15H,7-11H2,1H3/q+1. The molecule has 0 radical (unpaired) electrons. The number of hydrogen-bond donors (Lipinski definition) is 1. The number of aliphatic hydroxyl groups excluding tert-OH is 1. The number of rotatable bonds is 3. The van der Waals surface area contributed by atoms with Crippen molar-refractivity contribution in [3.63, 3.8) is 0 Å². The first-order valence-corrected chi connectivity index (χ1v) is 5.87. The third-order valence-corrected chi connectivity index (χ3v) is 3.29. The van der Waals surface area contributed by atoms with Crippen LogP contribution in [0.1, 0.15) is 12.8 Å². The van der Waals surface area contributed by atoms with Crippen molar-refractivity contribution < 1.29 is 14.3 Å². The minimum atomic E-state index is -0.108. The maximum atomic E-state index is 9.48. The van der Waals surface area contributed by atoms with Gasteiger partial charge in [0.25, 0.3) is 0 Å². The molecular formula is C13H20NO2+. The second-order valence-electron chi connectivity index (χ2n) is 4.88. The van der Waals surface area contributed by atoms with Crippen molar-refractivity contribution in [2.45, 2.75) is 18.9 Å². The Labute approximate surface area is 96.9 Å². The van der Waals surface area contributed by atoms with Gasteiger partial charge in [0, 0.05) is 12.8 Å². The molecule has 3 nitrogen and oxygen atoms in total. The number of quaternary nitrogens is 1. The van der Waals surface area contributed by atoms with Crippen LogP contribution in [0.3, 0.4) is 0 Å². The number of para-hydroxylation sites is 1. The Kier molecular flexibility index (Phi) is 3.46. The van der Waals surface area contributed by atoms with E-state index in [9.17, 15) is 5.11 Å². The molecule has 2 rings (SSSR count). The van der Waals surface area contributed by atoms with E-state index in [1.54, 1.807) is 0 Å². The van der Waals surface area contributed by atoms with Crippen molar-refractivity contribution in [3.8, 4) is 5.75 Å². The quantitative estimate of drug-likeness (QED) is 0.788. The lowest BCUT2D eigenvalue weighted by molar-refractivity contribution is -0.929. The van der Waals surface area contributed by atoms with Gasteiger partial charge in [0.15, 0.2) is 0 Å². The summed E-state index contributed by atoms with van der Waals surface area (Å²) in [7, 11) is 2.19. The summed E-state index contributed by atoms with van der Waals surface area (Å²) in [6.07, 6.45) is 1.66. The Hall–Kier alpha value is -1.06. The molecule has 1 aliphatic rings. The Bertz CT molecular complexity index is 318. The lowest BCUT2D eigenvalue weighted by Crippen LogP contribution is -2.52. The van der Waals surface area contributed by atoms with Gasteiger partial charge >= 0.3 is 0 Å². The van der Waals surface area contributed by atoms with Gasteiger partial charge in [-0.15, -0.1) is 0 Å². The number of ether oxygens (including phenoxy) is 1. The minimum absolute atomic E-state index is 0.108. The smallest absolute Gasteiger partial charge is 0.223 e. The van der Waals surface area contributed by atoms with Crippen molar-refractivity contribution >= 4 is 0 Å². The van der Waals surface area contributed by atoms with E-state index in [1.165, 1.54) is 0 Å². The topological polar surface area (TPSA) is 29.5 Å². The van der Waals surface area contributed by atoms with Crippen LogP contribution in [0.25, 0.3) is 0 Å². The van der Waals surface area contributed by atoms with E-state index in [0.29, 0.717) is 6.73 Å². The summed E-state index contributed by atoms with van der Waals surface area (Å²) >= 11 is 0. The van der Waals surface area contributed by atoms with Gasteiger partial charge in [0.1, 0.15) is 5.75 Å². The van der Waals surface area contributed by atoms with Crippen LogP contribution < -0.4 is 4.74 Å². The number of likely N-dealkylation sites (tertiary alicyclic amines) is 1. The SMILES string of the molecule is C[N+]1(COc2ccccc2)CCC(O)CC1. The van der Waals surface area contributed by atoms with E-state index < -0.39 is 0 Å². The second kappa shape index (κ2) is 4.85. The van der Waals surface area contributed by atoms with Gasteiger partial charge in [-0.1, -0.05) is 18.2 Å². The Morgan fingerprint density at radius 1 is 1.25 bits per heavy atom. The summed E-state index contributed by atoms with van der Waals surface area (Å²) < 4.78 is 6.67. The first kappa shape index (κ1) is 11.4. The number of benzene rings is 1. The highest BCUT2D eigenvalue weighted by Crippen LogP contribution is 2.18. The highest BCUT2D eigenvalue weighted by molar-refractivity contribution is 5.20. The molecule has 0 saturated carbocycles. The van der Waals surface area contributed by atoms with Gasteiger partial charge in [-0.05, 0) is 12.1 Å². The molecule has 0 spiro atoms. The summed E-state index contributed by atoms with van der Waals surface area (Å²) in [6.45, 7) is 2.68. The second-order valence-corrected chi connectivity index (χ2v) is 4.88. The van der Waals surface area contributed by atoms with E-state index in [1.807, 2.05) is 30.3 Å². The number of piperidine rings is 1. The van der Waals surface area contributed by atoms with Gasteiger partial charge in [-0.2, -0.15) is 0 Å². The normalized spacial score (nSPS) is 30.0. The molecule has 1 aromatic rings. The first-order chi connectivity index (χ1) is 7.68. The van der Waals surface area contributed by atoms with Gasteiger partial charge < -0.3 is 9.84 Å². The molecule has 88 valence electrons. The van der Waals surface area contributed by atoms with Crippen molar-refractivity contribution in [2.24, 2.45) is 0 Å². The molecule has 0 aromatic heterocycles. The third kappa shape index (κ3) is 2.97.